The van der Waals surface area contributed by atoms with E-state index in [2.05, 4.69) is 11.1 Å². The van der Waals surface area contributed by atoms with E-state index in [-0.39, 0.29) is 11.9 Å². The number of aromatic nitrogens is 1. The second-order valence-corrected chi connectivity index (χ2v) is 6.66. The topological polar surface area (TPSA) is 86.1 Å². The quantitative estimate of drug-likeness (QED) is 0.790. The number of allylic oxidation sites excluding steroid dienone is 2. The molecule has 26 heavy (non-hydrogen) atoms. The minimum atomic E-state index is -1.05. The molecule has 2 aromatic rings. The summed E-state index contributed by atoms with van der Waals surface area (Å²) < 4.78 is 20.5. The van der Waals surface area contributed by atoms with Crippen molar-refractivity contribution in [3.63, 3.8) is 0 Å². The molecule has 1 aromatic heterocycles. The van der Waals surface area contributed by atoms with Gasteiger partial charge >= 0.3 is 5.97 Å². The standard InChI is InChI=1S/C20H21FN2O3/c1-3-4-5-7-20(10-16(24)25)19-13(6-8-26-20)17-14(11-22)12(2)9-15(21)18(17)23-19/h3-4,9,23H,5-8,10H2,1-2H3,(H,24,25). The lowest BCUT2D eigenvalue weighted by Gasteiger charge is -2.36. The van der Waals surface area contributed by atoms with Crippen LogP contribution in [0.15, 0.2) is 18.2 Å². The fourth-order valence-corrected chi connectivity index (χ4v) is 3.88. The van der Waals surface area contributed by atoms with Gasteiger partial charge in [-0.05, 0) is 50.3 Å². The molecule has 3 rings (SSSR count). The van der Waals surface area contributed by atoms with E-state index in [1.165, 1.54) is 6.07 Å². The molecule has 1 unspecified atom stereocenters. The number of hydrogen-bond donors (Lipinski definition) is 2. The van der Waals surface area contributed by atoms with Crippen molar-refractivity contribution in [3.8, 4) is 6.07 Å². The zero-order valence-corrected chi connectivity index (χ0v) is 14.9. The Kier molecular flexibility index (Phi) is 4.84. The Morgan fingerprint density at radius 1 is 1.58 bits per heavy atom. The molecule has 1 atom stereocenters. The van der Waals surface area contributed by atoms with Crippen molar-refractivity contribution < 1.29 is 19.0 Å². The van der Waals surface area contributed by atoms with Crippen molar-refractivity contribution in [1.29, 1.82) is 5.26 Å². The molecular formula is C20H21FN2O3. The third kappa shape index (κ3) is 2.89. The van der Waals surface area contributed by atoms with Crippen LogP contribution in [0.5, 0.6) is 0 Å². The highest BCUT2D eigenvalue weighted by Gasteiger charge is 2.42. The van der Waals surface area contributed by atoms with Gasteiger partial charge in [-0.25, -0.2) is 4.39 Å². The zero-order valence-electron chi connectivity index (χ0n) is 14.9. The van der Waals surface area contributed by atoms with Gasteiger partial charge in [0.15, 0.2) is 0 Å². The first-order valence-corrected chi connectivity index (χ1v) is 8.64. The maximum absolute atomic E-state index is 14.6. The summed E-state index contributed by atoms with van der Waals surface area (Å²) in [6, 6.07) is 3.50. The molecule has 0 radical (unpaired) electrons. The summed E-state index contributed by atoms with van der Waals surface area (Å²) >= 11 is 0. The normalized spacial score (nSPS) is 19.6. The predicted octanol–water partition coefficient (Wildman–Crippen LogP) is 4.09. The fraction of sp³-hybridized carbons (Fsp3) is 0.400. The van der Waals surface area contributed by atoms with Gasteiger partial charge in [0.25, 0.3) is 0 Å². The SMILES string of the molecule is CC=CCCC1(CC(=O)O)OCCc2c1[nH]c1c(F)cc(C)c(C#N)c21. The van der Waals surface area contributed by atoms with E-state index in [9.17, 15) is 19.6 Å². The summed E-state index contributed by atoms with van der Waals surface area (Å²) in [4.78, 5) is 14.6. The lowest BCUT2D eigenvalue weighted by molar-refractivity contribution is -0.149. The number of carboxylic acids is 1. The molecule has 0 saturated heterocycles. The number of aromatic amines is 1. The van der Waals surface area contributed by atoms with Gasteiger partial charge in [-0.2, -0.15) is 5.26 Å². The minimum absolute atomic E-state index is 0.215. The summed E-state index contributed by atoms with van der Waals surface area (Å²) in [5.41, 5.74) is 1.59. The fourth-order valence-electron chi connectivity index (χ4n) is 3.88. The molecule has 0 amide bonds. The lowest BCUT2D eigenvalue weighted by atomic mass is 9.84. The van der Waals surface area contributed by atoms with Gasteiger partial charge in [0, 0.05) is 5.39 Å². The number of rotatable bonds is 5. The number of nitriles is 1. The number of ether oxygens (including phenoxy) is 1. The molecule has 5 nitrogen and oxygen atoms in total. The summed E-state index contributed by atoms with van der Waals surface area (Å²) in [5, 5.41) is 19.6. The van der Waals surface area contributed by atoms with Crippen LogP contribution in [-0.2, 0) is 21.6 Å². The van der Waals surface area contributed by atoms with Crippen LogP contribution >= 0.6 is 0 Å². The Morgan fingerprint density at radius 2 is 2.35 bits per heavy atom. The lowest BCUT2D eigenvalue weighted by Crippen LogP contribution is -2.38. The number of benzene rings is 1. The largest absolute Gasteiger partial charge is 0.481 e. The van der Waals surface area contributed by atoms with Crippen LogP contribution in [0.2, 0.25) is 0 Å². The molecule has 0 fully saturated rings. The Bertz CT molecular complexity index is 939. The van der Waals surface area contributed by atoms with Crippen LogP contribution in [0.3, 0.4) is 0 Å². The number of fused-ring (bicyclic) bond motifs is 3. The molecule has 0 spiro atoms. The predicted molar refractivity (Wildman–Crippen MR) is 95.3 cm³/mol. The number of H-pyrrole nitrogens is 1. The van der Waals surface area contributed by atoms with Gasteiger partial charge in [0.2, 0.25) is 0 Å². The van der Waals surface area contributed by atoms with Gasteiger partial charge in [-0.1, -0.05) is 12.2 Å². The highest BCUT2D eigenvalue weighted by atomic mass is 19.1. The van der Waals surface area contributed by atoms with Crippen LogP contribution in [0.25, 0.3) is 10.9 Å². The van der Waals surface area contributed by atoms with Crippen LogP contribution in [-0.4, -0.2) is 22.7 Å². The third-order valence-corrected chi connectivity index (χ3v) is 5.02. The smallest absolute Gasteiger partial charge is 0.306 e. The van der Waals surface area contributed by atoms with Crippen molar-refractivity contribution in [3.05, 3.63) is 46.4 Å². The molecule has 136 valence electrons. The van der Waals surface area contributed by atoms with Gasteiger partial charge in [0.05, 0.1) is 29.8 Å². The van der Waals surface area contributed by atoms with Gasteiger partial charge < -0.3 is 14.8 Å². The Hall–Kier alpha value is -2.65. The van der Waals surface area contributed by atoms with E-state index in [1.54, 1.807) is 6.92 Å². The highest BCUT2D eigenvalue weighted by molar-refractivity contribution is 5.92. The third-order valence-electron chi connectivity index (χ3n) is 5.02. The molecule has 1 aromatic carbocycles. The van der Waals surface area contributed by atoms with Crippen molar-refractivity contribution in [2.75, 3.05) is 6.61 Å². The maximum atomic E-state index is 14.6. The maximum Gasteiger partial charge on any atom is 0.306 e. The number of aliphatic carboxylic acids is 1. The Balaban J connectivity index is 2.27. The van der Waals surface area contributed by atoms with E-state index < -0.39 is 17.4 Å². The van der Waals surface area contributed by atoms with Crippen molar-refractivity contribution >= 4 is 16.9 Å². The number of carbonyl (C=O) groups is 1. The molecular weight excluding hydrogens is 335 g/mol. The molecule has 2 heterocycles. The van der Waals surface area contributed by atoms with E-state index in [1.807, 2.05) is 19.1 Å². The van der Waals surface area contributed by atoms with E-state index in [0.717, 1.165) is 5.56 Å². The monoisotopic (exact) mass is 356 g/mol. The van der Waals surface area contributed by atoms with Crippen LogP contribution in [0.1, 0.15) is 48.6 Å². The molecule has 0 bridgehead atoms. The number of halogens is 1. The number of hydrogen-bond acceptors (Lipinski definition) is 3. The first kappa shape index (κ1) is 18.2. The van der Waals surface area contributed by atoms with Gasteiger partial charge in [-0.15, -0.1) is 0 Å². The first-order chi connectivity index (χ1) is 12.4. The van der Waals surface area contributed by atoms with Crippen molar-refractivity contribution in [2.24, 2.45) is 0 Å². The first-order valence-electron chi connectivity index (χ1n) is 8.64. The summed E-state index contributed by atoms with van der Waals surface area (Å²) in [7, 11) is 0. The average molecular weight is 356 g/mol. The van der Waals surface area contributed by atoms with E-state index >= 15 is 0 Å². The van der Waals surface area contributed by atoms with E-state index in [0.29, 0.717) is 48.1 Å². The van der Waals surface area contributed by atoms with Gasteiger partial charge in [0.1, 0.15) is 17.5 Å². The van der Waals surface area contributed by atoms with Crippen LogP contribution in [0.4, 0.5) is 4.39 Å². The second-order valence-electron chi connectivity index (χ2n) is 6.66. The van der Waals surface area contributed by atoms with Crippen LogP contribution < -0.4 is 0 Å². The van der Waals surface area contributed by atoms with Crippen LogP contribution in [0, 0.1) is 24.1 Å². The van der Waals surface area contributed by atoms with E-state index in [4.69, 9.17) is 4.74 Å². The number of aryl methyl sites for hydroxylation is 1. The summed E-state index contributed by atoms with van der Waals surface area (Å²) in [6.45, 7) is 3.94. The number of carboxylic acid groups (broad SMARTS) is 1. The second kappa shape index (κ2) is 6.93. The molecule has 0 saturated carbocycles. The number of nitrogens with one attached hydrogen (secondary N) is 1. The average Bonchev–Trinajstić information content (AvgIpc) is 2.97. The molecule has 6 heteroatoms. The molecule has 2 N–H and O–H groups in total. The molecule has 1 aliphatic heterocycles. The minimum Gasteiger partial charge on any atom is -0.481 e. The van der Waals surface area contributed by atoms with Crippen molar-refractivity contribution in [1.82, 2.24) is 4.98 Å². The number of nitrogens with zero attached hydrogens (tertiary/aromatic N) is 1. The highest BCUT2D eigenvalue weighted by Crippen LogP contribution is 2.44. The van der Waals surface area contributed by atoms with Gasteiger partial charge in [-0.3, -0.25) is 4.79 Å². The molecule has 1 aliphatic rings. The Morgan fingerprint density at radius 3 is 3.00 bits per heavy atom. The Labute approximate surface area is 151 Å². The molecule has 0 aliphatic carbocycles. The summed E-state index contributed by atoms with van der Waals surface area (Å²) in [5.74, 6) is -1.42. The van der Waals surface area contributed by atoms with Crippen molar-refractivity contribution in [2.45, 2.75) is 45.1 Å². The summed E-state index contributed by atoms with van der Waals surface area (Å²) in [6.07, 6.45) is 5.26. The zero-order chi connectivity index (χ0) is 18.9.